The van der Waals surface area contributed by atoms with Gasteiger partial charge < -0.3 is 5.73 Å². The molecule has 0 aliphatic heterocycles. The lowest BCUT2D eigenvalue weighted by Crippen LogP contribution is -2.18. The number of rotatable bonds is 2. The van der Waals surface area contributed by atoms with E-state index in [4.69, 9.17) is 5.73 Å². The maximum atomic E-state index is 5.75. The third-order valence-electron chi connectivity index (χ3n) is 2.12. The Kier molecular flexibility index (Phi) is 2.56. The van der Waals surface area contributed by atoms with E-state index in [0.29, 0.717) is 0 Å². The first-order chi connectivity index (χ1) is 6.68. The van der Waals surface area contributed by atoms with Crippen molar-refractivity contribution >= 4 is 21.4 Å². The molecule has 0 saturated carbocycles. The van der Waals surface area contributed by atoms with Crippen LogP contribution in [0.2, 0.25) is 0 Å². The molecule has 2 N–H and O–H groups in total. The Hall–Kier alpha value is -0.870. The molecule has 0 aliphatic carbocycles. The Morgan fingerprint density at radius 3 is 3.07 bits per heavy atom. The first kappa shape index (κ1) is 9.68. The molecule has 0 saturated heterocycles. The minimum atomic E-state index is 0.146. The van der Waals surface area contributed by atoms with Crippen molar-refractivity contribution in [2.75, 3.05) is 0 Å². The largest absolute Gasteiger partial charge is 0.328 e. The molecule has 0 radical (unpaired) electrons. The second kappa shape index (κ2) is 3.71. The number of nitrogens with zero attached hydrogens (tertiary/aromatic N) is 2. The molecule has 1 unspecified atom stereocenters. The molecule has 2 heterocycles. The number of fused-ring (bicyclic) bond motifs is 1. The summed E-state index contributed by atoms with van der Waals surface area (Å²) in [6, 6.07) is 6.19. The highest BCUT2D eigenvalue weighted by Gasteiger charge is 2.07. The number of imidazole rings is 1. The standard InChI is InChI=1S/C10H12BrN3/c1-7(12)5-8-9-3-2-4-10(11)14(9)6-13-8/h2-4,6-7H,5,12H2,1H3. The predicted molar refractivity (Wildman–Crippen MR) is 60.2 cm³/mol. The van der Waals surface area contributed by atoms with Gasteiger partial charge in [-0.25, -0.2) is 4.98 Å². The van der Waals surface area contributed by atoms with Crippen molar-refractivity contribution in [2.45, 2.75) is 19.4 Å². The van der Waals surface area contributed by atoms with Crippen LogP contribution in [0.25, 0.3) is 5.52 Å². The van der Waals surface area contributed by atoms with E-state index >= 15 is 0 Å². The molecule has 14 heavy (non-hydrogen) atoms. The van der Waals surface area contributed by atoms with Gasteiger partial charge in [-0.2, -0.15) is 0 Å². The van der Waals surface area contributed by atoms with E-state index in [1.807, 2.05) is 29.8 Å². The molecule has 0 aromatic carbocycles. The van der Waals surface area contributed by atoms with Crippen LogP contribution >= 0.6 is 15.9 Å². The van der Waals surface area contributed by atoms with Crippen LogP contribution in [0.15, 0.2) is 29.1 Å². The van der Waals surface area contributed by atoms with Crippen molar-refractivity contribution in [3.05, 3.63) is 34.8 Å². The lowest BCUT2D eigenvalue weighted by molar-refractivity contribution is 0.729. The molecule has 0 fully saturated rings. The van der Waals surface area contributed by atoms with Crippen LogP contribution in [-0.4, -0.2) is 15.4 Å². The molecular weight excluding hydrogens is 242 g/mol. The second-order valence-corrected chi connectivity index (χ2v) is 4.29. The lowest BCUT2D eigenvalue weighted by atomic mass is 10.2. The topological polar surface area (TPSA) is 43.3 Å². The van der Waals surface area contributed by atoms with E-state index in [9.17, 15) is 0 Å². The molecule has 0 amide bonds. The predicted octanol–water partition coefficient (Wildman–Crippen LogP) is 1.99. The van der Waals surface area contributed by atoms with Crippen LogP contribution in [0.1, 0.15) is 12.6 Å². The summed E-state index contributed by atoms with van der Waals surface area (Å²) in [4.78, 5) is 4.35. The van der Waals surface area contributed by atoms with Gasteiger partial charge in [0.15, 0.2) is 0 Å². The Bertz CT molecular complexity index is 448. The van der Waals surface area contributed by atoms with Crippen molar-refractivity contribution < 1.29 is 0 Å². The SMILES string of the molecule is CC(N)Cc1ncn2c(Br)cccc12. The van der Waals surface area contributed by atoms with Gasteiger partial charge in [0, 0.05) is 12.5 Å². The molecule has 0 spiro atoms. The zero-order chi connectivity index (χ0) is 10.1. The van der Waals surface area contributed by atoms with Crippen molar-refractivity contribution in [1.29, 1.82) is 0 Å². The summed E-state index contributed by atoms with van der Waals surface area (Å²) in [6.45, 7) is 1.99. The fraction of sp³-hybridized carbons (Fsp3) is 0.300. The zero-order valence-electron chi connectivity index (χ0n) is 7.94. The monoisotopic (exact) mass is 253 g/mol. The quantitative estimate of drug-likeness (QED) is 0.833. The molecule has 4 heteroatoms. The van der Waals surface area contributed by atoms with Gasteiger partial charge in [0.2, 0.25) is 0 Å². The van der Waals surface area contributed by atoms with Crippen LogP contribution in [0, 0.1) is 0 Å². The highest BCUT2D eigenvalue weighted by Crippen LogP contribution is 2.17. The van der Waals surface area contributed by atoms with Crippen molar-refractivity contribution in [2.24, 2.45) is 5.73 Å². The third kappa shape index (κ3) is 1.67. The van der Waals surface area contributed by atoms with Gasteiger partial charge in [0.25, 0.3) is 0 Å². The smallest absolute Gasteiger partial charge is 0.100 e. The van der Waals surface area contributed by atoms with Gasteiger partial charge in [0.05, 0.1) is 15.8 Å². The highest BCUT2D eigenvalue weighted by molar-refractivity contribution is 9.10. The maximum Gasteiger partial charge on any atom is 0.100 e. The van der Waals surface area contributed by atoms with E-state index < -0.39 is 0 Å². The molecule has 3 nitrogen and oxygen atoms in total. The molecule has 1 atom stereocenters. The summed E-state index contributed by atoms with van der Waals surface area (Å²) < 4.78 is 3.02. The summed E-state index contributed by atoms with van der Waals surface area (Å²) in [6.07, 6.45) is 2.63. The Morgan fingerprint density at radius 1 is 1.57 bits per heavy atom. The fourth-order valence-corrected chi connectivity index (χ4v) is 1.94. The van der Waals surface area contributed by atoms with Gasteiger partial charge in [-0.15, -0.1) is 0 Å². The number of halogens is 1. The summed E-state index contributed by atoms with van der Waals surface area (Å²) in [5.41, 5.74) is 7.93. The van der Waals surface area contributed by atoms with Crippen molar-refractivity contribution in [3.8, 4) is 0 Å². The molecule has 2 aromatic heterocycles. The summed E-state index contributed by atoms with van der Waals surface area (Å²) in [5.74, 6) is 0. The molecule has 2 aromatic rings. The molecule has 2 rings (SSSR count). The Morgan fingerprint density at radius 2 is 2.36 bits per heavy atom. The lowest BCUT2D eigenvalue weighted by Gasteiger charge is -2.02. The summed E-state index contributed by atoms with van der Waals surface area (Å²) in [7, 11) is 0. The number of nitrogens with two attached hydrogens (primary N) is 1. The third-order valence-corrected chi connectivity index (χ3v) is 2.76. The molecular formula is C10H12BrN3. The van der Waals surface area contributed by atoms with Crippen LogP contribution in [0.3, 0.4) is 0 Å². The van der Waals surface area contributed by atoms with E-state index in [1.165, 1.54) is 0 Å². The van der Waals surface area contributed by atoms with Crippen LogP contribution < -0.4 is 5.73 Å². The normalized spacial score (nSPS) is 13.4. The van der Waals surface area contributed by atoms with Crippen molar-refractivity contribution in [3.63, 3.8) is 0 Å². The van der Waals surface area contributed by atoms with Gasteiger partial charge in [-0.3, -0.25) is 4.40 Å². The van der Waals surface area contributed by atoms with Crippen molar-refractivity contribution in [1.82, 2.24) is 9.38 Å². The van der Waals surface area contributed by atoms with E-state index in [0.717, 1.165) is 22.2 Å². The average molecular weight is 254 g/mol. The Labute approximate surface area is 91.1 Å². The summed E-state index contributed by atoms with van der Waals surface area (Å²) in [5, 5.41) is 0. The van der Waals surface area contributed by atoms with Crippen LogP contribution in [0.5, 0.6) is 0 Å². The minimum absolute atomic E-state index is 0.146. The van der Waals surface area contributed by atoms with Gasteiger partial charge in [-0.05, 0) is 35.0 Å². The van der Waals surface area contributed by atoms with Gasteiger partial charge in [-0.1, -0.05) is 6.07 Å². The molecule has 0 aliphatic rings. The van der Waals surface area contributed by atoms with Crippen LogP contribution in [-0.2, 0) is 6.42 Å². The highest BCUT2D eigenvalue weighted by atomic mass is 79.9. The van der Waals surface area contributed by atoms with Gasteiger partial charge in [0.1, 0.15) is 6.33 Å². The van der Waals surface area contributed by atoms with E-state index in [2.05, 4.69) is 27.0 Å². The van der Waals surface area contributed by atoms with Gasteiger partial charge >= 0.3 is 0 Å². The fourth-order valence-electron chi connectivity index (χ4n) is 1.50. The second-order valence-electron chi connectivity index (χ2n) is 3.48. The Balaban J connectivity index is 2.52. The maximum absolute atomic E-state index is 5.75. The van der Waals surface area contributed by atoms with Crippen LogP contribution in [0.4, 0.5) is 0 Å². The number of hydrogen-bond acceptors (Lipinski definition) is 2. The average Bonchev–Trinajstić information content (AvgIpc) is 2.49. The van der Waals surface area contributed by atoms with E-state index in [-0.39, 0.29) is 6.04 Å². The number of aromatic nitrogens is 2. The minimum Gasteiger partial charge on any atom is -0.328 e. The first-order valence-electron chi connectivity index (χ1n) is 4.54. The molecule has 74 valence electrons. The zero-order valence-corrected chi connectivity index (χ0v) is 9.53. The number of hydrogen-bond donors (Lipinski definition) is 1. The first-order valence-corrected chi connectivity index (χ1v) is 5.34. The molecule has 0 bridgehead atoms. The van der Waals surface area contributed by atoms with E-state index in [1.54, 1.807) is 0 Å². The summed E-state index contributed by atoms with van der Waals surface area (Å²) >= 11 is 3.47. The number of pyridine rings is 1.